The zero-order valence-electron chi connectivity index (χ0n) is 18.4. The summed E-state index contributed by atoms with van der Waals surface area (Å²) in [7, 11) is 0. The number of carboxylic acids is 5. The summed E-state index contributed by atoms with van der Waals surface area (Å²) in [6.45, 7) is -1.64. The van der Waals surface area contributed by atoms with E-state index in [0.717, 1.165) is 0 Å². The van der Waals surface area contributed by atoms with E-state index in [0.29, 0.717) is 11.4 Å². The van der Waals surface area contributed by atoms with E-state index in [1.165, 1.54) is 0 Å². The van der Waals surface area contributed by atoms with Gasteiger partial charge in [0.2, 0.25) is 0 Å². The molecule has 1 unspecified atom stereocenters. The Morgan fingerprint density at radius 1 is 0.758 bits per heavy atom. The molecule has 12 N–H and O–H groups in total. The average molecular weight is 523 g/mol. The van der Waals surface area contributed by atoms with Gasteiger partial charge in [0, 0.05) is 88.0 Å². The minimum absolute atomic E-state index is 0. The van der Waals surface area contributed by atoms with E-state index in [2.05, 4.69) is 10.6 Å². The fourth-order valence-corrected chi connectivity index (χ4v) is 3.12. The average Bonchev–Trinajstić information content (AvgIpc) is 2.57. The molecule has 0 fully saturated rings. The topological polar surface area (TPSA) is 327 Å². The van der Waals surface area contributed by atoms with Gasteiger partial charge in [-0.05, 0) is 0 Å². The Bertz CT molecular complexity index is 607. The van der Waals surface area contributed by atoms with Gasteiger partial charge in [0.1, 0.15) is 0 Å². The molecule has 33 heavy (non-hydrogen) atoms. The van der Waals surface area contributed by atoms with Gasteiger partial charge in [-0.15, -0.1) is 0 Å². The zero-order chi connectivity index (χ0) is 23.3. The fraction of sp³-hybridized carbons (Fsp3) is 0.688. The van der Waals surface area contributed by atoms with Gasteiger partial charge < -0.3 is 78.2 Å². The van der Waals surface area contributed by atoms with Crippen molar-refractivity contribution in [2.45, 2.75) is 30.8 Å². The summed E-state index contributed by atoms with van der Waals surface area (Å²) >= 11 is 0. The van der Waals surface area contributed by atoms with Crippen LogP contribution in [0.5, 0.6) is 0 Å². The second-order valence-corrected chi connectivity index (χ2v) is 6.42. The van der Waals surface area contributed by atoms with E-state index in [1.54, 1.807) is 0 Å². The van der Waals surface area contributed by atoms with Gasteiger partial charge in [-0.3, -0.25) is 4.90 Å². The van der Waals surface area contributed by atoms with Crippen LogP contribution in [0.25, 0.3) is 0 Å². The number of hydrogen-bond acceptors (Lipinski definition) is 14. The van der Waals surface area contributed by atoms with Crippen LogP contribution in [0.4, 0.5) is 0 Å². The van der Waals surface area contributed by atoms with Gasteiger partial charge in [-0.25, -0.2) is 0 Å². The Morgan fingerprint density at radius 3 is 1.55 bits per heavy atom. The predicted molar refractivity (Wildman–Crippen MR) is 98.9 cm³/mol. The van der Waals surface area contributed by atoms with Crippen molar-refractivity contribution in [3.8, 4) is 0 Å². The van der Waals surface area contributed by atoms with Gasteiger partial charge in [-0.1, -0.05) is 0 Å². The van der Waals surface area contributed by atoms with Crippen LogP contribution in [-0.4, -0.2) is 85.6 Å². The molecule has 17 heteroatoms. The smallest absolute Gasteiger partial charge is 0.550 e. The zero-order valence-corrected chi connectivity index (χ0v) is 19.5. The molecule has 0 aliphatic rings. The number of carboxylic acid groups (broad SMARTS) is 5. The van der Waals surface area contributed by atoms with Crippen LogP contribution in [0.3, 0.4) is 0 Å². The summed E-state index contributed by atoms with van der Waals surface area (Å²) in [4.78, 5) is 56.7. The molecule has 0 saturated heterocycles. The third-order valence-corrected chi connectivity index (χ3v) is 4.20. The SMILES string of the molecule is NCCNCCNC(CC(=O)[O-])C(CC(=O)[O-])(CC(=O)[O-])N(CC(=O)[O-])CC(=O)[O-].[Fe+3].[NH4+].[NH4+]. The molecule has 16 nitrogen and oxygen atoms in total. The number of hydrogen-bond donors (Lipinski definition) is 5. The molecule has 1 atom stereocenters. The van der Waals surface area contributed by atoms with Crippen LogP contribution in [0, 0.1) is 0 Å². The van der Waals surface area contributed by atoms with E-state index in [1.807, 2.05) is 0 Å². The van der Waals surface area contributed by atoms with Gasteiger partial charge in [-0.2, -0.15) is 0 Å². The summed E-state index contributed by atoms with van der Waals surface area (Å²) < 4.78 is 0. The molecule has 193 valence electrons. The van der Waals surface area contributed by atoms with Crippen molar-refractivity contribution in [2.75, 3.05) is 39.3 Å². The van der Waals surface area contributed by atoms with Crippen LogP contribution in [0.1, 0.15) is 19.3 Å². The molecular formula is C16H31FeN6O10. The normalized spacial score (nSPS) is 11.3. The van der Waals surface area contributed by atoms with Crippen molar-refractivity contribution < 1.29 is 66.6 Å². The Balaban J connectivity index is -0.00000140. The number of quaternary nitrogens is 2. The van der Waals surface area contributed by atoms with Crippen LogP contribution < -0.4 is 54.2 Å². The van der Waals surface area contributed by atoms with Crippen LogP contribution >= 0.6 is 0 Å². The maximum Gasteiger partial charge on any atom is 3.00 e. The quantitative estimate of drug-likeness (QED) is 0.0822. The second-order valence-electron chi connectivity index (χ2n) is 6.42. The van der Waals surface area contributed by atoms with Gasteiger partial charge in [0.15, 0.2) is 0 Å². The molecule has 0 aromatic rings. The molecule has 0 amide bonds. The third-order valence-electron chi connectivity index (χ3n) is 4.20. The maximum absolute atomic E-state index is 11.4. The number of carbonyl (C=O) groups excluding carboxylic acids is 5. The van der Waals surface area contributed by atoms with Crippen molar-refractivity contribution >= 4 is 29.8 Å². The Kier molecular flexibility index (Phi) is 22.0. The van der Waals surface area contributed by atoms with Gasteiger partial charge in [0.25, 0.3) is 0 Å². The number of nitrogens with one attached hydrogen (secondary N) is 2. The molecular weight excluding hydrogens is 492 g/mol. The third kappa shape index (κ3) is 15.2. The van der Waals surface area contributed by atoms with Gasteiger partial charge >= 0.3 is 17.1 Å². The summed E-state index contributed by atoms with van der Waals surface area (Å²) in [6.07, 6.45) is -3.44. The molecule has 0 saturated carbocycles. The van der Waals surface area contributed by atoms with E-state index >= 15 is 0 Å². The number of carbonyl (C=O) groups is 5. The van der Waals surface area contributed by atoms with Crippen molar-refractivity contribution in [2.24, 2.45) is 5.73 Å². The van der Waals surface area contributed by atoms with Crippen LogP contribution in [-0.2, 0) is 41.0 Å². The van der Waals surface area contributed by atoms with E-state index in [4.69, 9.17) is 5.73 Å². The minimum atomic E-state index is -2.40. The monoisotopic (exact) mass is 523 g/mol. The van der Waals surface area contributed by atoms with E-state index in [-0.39, 0.29) is 49.0 Å². The molecule has 0 heterocycles. The summed E-state index contributed by atoms with van der Waals surface area (Å²) in [5.41, 5.74) is 2.91. The molecule has 0 spiro atoms. The summed E-state index contributed by atoms with van der Waals surface area (Å²) in [5.74, 6) is -9.23. The first-order chi connectivity index (χ1) is 13.9. The van der Waals surface area contributed by atoms with E-state index in [9.17, 15) is 49.5 Å². The largest absolute Gasteiger partial charge is 3.00 e. The first-order valence-electron chi connectivity index (χ1n) is 8.83. The van der Waals surface area contributed by atoms with Crippen molar-refractivity contribution in [1.82, 2.24) is 27.8 Å². The number of nitrogens with two attached hydrogens (primary N) is 1. The minimum Gasteiger partial charge on any atom is -0.550 e. The summed E-state index contributed by atoms with van der Waals surface area (Å²) in [5, 5.41) is 61.7. The van der Waals surface area contributed by atoms with Crippen molar-refractivity contribution in [3.63, 3.8) is 0 Å². The molecule has 0 aliphatic carbocycles. The molecule has 1 radical (unpaired) electrons. The number of nitrogens with zero attached hydrogens (tertiary/aromatic N) is 1. The number of rotatable bonds is 18. The molecule has 0 aliphatic heterocycles. The molecule has 0 rings (SSSR count). The maximum atomic E-state index is 11.4. The molecule has 0 bridgehead atoms. The first-order valence-corrected chi connectivity index (χ1v) is 8.83. The predicted octanol–water partition coefficient (Wildman–Crippen LogP) is -8.80. The van der Waals surface area contributed by atoms with Crippen LogP contribution in [0.2, 0.25) is 0 Å². The Hall–Kier alpha value is -2.37. The number of aliphatic carboxylic acids is 5. The van der Waals surface area contributed by atoms with Crippen molar-refractivity contribution in [1.29, 1.82) is 0 Å². The first kappa shape index (κ1) is 37.9. The van der Waals surface area contributed by atoms with Gasteiger partial charge in [0.05, 0.1) is 11.9 Å². The second kappa shape index (κ2) is 19.1. The summed E-state index contributed by atoms with van der Waals surface area (Å²) in [6, 6.07) is -1.59. The van der Waals surface area contributed by atoms with Crippen molar-refractivity contribution in [3.05, 3.63) is 0 Å². The Labute approximate surface area is 200 Å². The Morgan fingerprint density at radius 2 is 1.21 bits per heavy atom. The van der Waals surface area contributed by atoms with Crippen LogP contribution in [0.15, 0.2) is 0 Å². The van der Waals surface area contributed by atoms with E-state index < -0.39 is 73.8 Å². The molecule has 0 aromatic carbocycles. The molecule has 0 aromatic heterocycles. The standard InChI is InChI=1S/C16H28N4O10.Fe.2H3N/c17-1-2-18-3-4-19-10(5-11(21)22)16(6-12(23)24,7-13(25)26)20(8-14(27)28)9-15(29)30;;;/h10,18-19H,1-9,17H2,(H,21,22)(H,23,24)(H,25,26)(H,27,28)(H,29,30);;2*1H3/q;+3;;/p-3. The fourth-order valence-electron chi connectivity index (χ4n) is 3.12.